The Morgan fingerprint density at radius 1 is 1.21 bits per heavy atom. The first-order chi connectivity index (χ1) is 16.1. The molecule has 34 heavy (non-hydrogen) atoms. The molecular formula is C22H28FN7O3S. The molecule has 0 spiro atoms. The molecule has 2 aromatic heterocycles. The number of aromatic nitrogens is 5. The monoisotopic (exact) mass is 489 g/mol. The number of nitrogens with zero attached hydrogens (tertiary/aromatic N) is 6. The Labute approximate surface area is 200 Å². The fraction of sp³-hybridized carbons (Fsp3) is 0.409. The van der Waals surface area contributed by atoms with Crippen LogP contribution < -0.4 is 17.0 Å². The molecule has 0 saturated heterocycles. The van der Waals surface area contributed by atoms with E-state index < -0.39 is 17.0 Å². The highest BCUT2D eigenvalue weighted by Crippen LogP contribution is 2.27. The van der Waals surface area contributed by atoms with Crippen LogP contribution in [0, 0.1) is 5.82 Å². The highest BCUT2D eigenvalue weighted by atomic mass is 32.2. The molecule has 1 atom stereocenters. The topological polar surface area (TPSA) is 121 Å². The molecule has 0 amide bonds. The molecule has 2 heterocycles. The molecule has 12 heteroatoms. The van der Waals surface area contributed by atoms with Crippen LogP contribution in [-0.4, -0.2) is 54.4 Å². The number of nitrogen functional groups attached to an aromatic ring is 1. The summed E-state index contributed by atoms with van der Waals surface area (Å²) in [5.74, 6) is -0.582. The lowest BCUT2D eigenvalue weighted by Crippen LogP contribution is -2.42. The molecule has 0 radical (unpaired) electrons. The summed E-state index contributed by atoms with van der Waals surface area (Å²) in [4.78, 5) is 40.1. The molecule has 0 aliphatic heterocycles. The zero-order valence-corrected chi connectivity index (χ0v) is 20.6. The number of thioether (sulfide) groups is 1. The fourth-order valence-electron chi connectivity index (χ4n) is 3.40. The number of hydrogen-bond donors (Lipinski definition) is 1. The van der Waals surface area contributed by atoms with E-state index in [4.69, 9.17) is 5.73 Å². The van der Waals surface area contributed by atoms with Gasteiger partial charge in [0.25, 0.3) is 5.56 Å². The van der Waals surface area contributed by atoms with Crippen molar-refractivity contribution in [1.29, 1.82) is 0 Å². The Hall–Kier alpha value is -3.25. The number of benzene rings is 1. The van der Waals surface area contributed by atoms with Gasteiger partial charge in [-0.25, -0.2) is 9.18 Å². The van der Waals surface area contributed by atoms with E-state index >= 15 is 0 Å². The Morgan fingerprint density at radius 3 is 2.44 bits per heavy atom. The van der Waals surface area contributed by atoms with Gasteiger partial charge in [0.2, 0.25) is 0 Å². The normalized spacial score (nSPS) is 12.3. The second-order valence-corrected chi connectivity index (χ2v) is 9.01. The Kier molecular flexibility index (Phi) is 7.72. The largest absolute Gasteiger partial charge is 0.384 e. The third kappa shape index (κ3) is 4.82. The van der Waals surface area contributed by atoms with Crippen molar-refractivity contribution in [2.24, 2.45) is 7.05 Å². The molecule has 3 aromatic rings. The SMILES string of the molecule is CCCn1c(N)c(C(=O)CSc2nnc([C@@H](C)N(C)C)n2-c2ccc(F)cc2)c(=O)n(C)c1=O. The number of nitrogens with two attached hydrogens (primary N) is 1. The van der Waals surface area contributed by atoms with Crippen LogP contribution in [0.3, 0.4) is 0 Å². The second-order valence-electron chi connectivity index (χ2n) is 8.06. The average molecular weight is 490 g/mol. The van der Waals surface area contributed by atoms with Crippen LogP contribution in [0.4, 0.5) is 10.2 Å². The van der Waals surface area contributed by atoms with E-state index in [0.29, 0.717) is 23.1 Å². The Morgan fingerprint density at radius 2 is 1.85 bits per heavy atom. The van der Waals surface area contributed by atoms with Gasteiger partial charge in [0, 0.05) is 19.3 Å². The zero-order valence-electron chi connectivity index (χ0n) is 19.8. The van der Waals surface area contributed by atoms with E-state index in [1.807, 2.05) is 32.8 Å². The average Bonchev–Trinajstić information content (AvgIpc) is 3.23. The van der Waals surface area contributed by atoms with Gasteiger partial charge in [0.15, 0.2) is 16.8 Å². The van der Waals surface area contributed by atoms with Gasteiger partial charge in [-0.15, -0.1) is 10.2 Å². The number of anilines is 1. The number of rotatable bonds is 9. The summed E-state index contributed by atoms with van der Waals surface area (Å²) in [7, 11) is 5.11. The first-order valence-corrected chi connectivity index (χ1v) is 11.7. The molecule has 182 valence electrons. The standard InChI is InChI=1S/C22H28FN7O3S/c1-6-11-29-18(24)17(20(32)28(5)22(29)33)16(31)12-34-21-26-25-19(13(2)27(3)4)30(21)15-9-7-14(23)8-10-15/h7-10,13H,6,11-12,24H2,1-5H3/t13-/m1/s1. The van der Waals surface area contributed by atoms with Gasteiger partial charge in [-0.2, -0.15) is 0 Å². The van der Waals surface area contributed by atoms with Gasteiger partial charge in [0.05, 0.1) is 11.8 Å². The first kappa shape index (κ1) is 25.4. The molecule has 3 rings (SSSR count). The van der Waals surface area contributed by atoms with Crippen LogP contribution >= 0.6 is 11.8 Å². The maximum absolute atomic E-state index is 13.5. The summed E-state index contributed by atoms with van der Waals surface area (Å²) in [6.45, 7) is 4.10. The predicted molar refractivity (Wildman–Crippen MR) is 129 cm³/mol. The van der Waals surface area contributed by atoms with Crippen LogP contribution in [0.25, 0.3) is 5.69 Å². The van der Waals surface area contributed by atoms with Crippen LogP contribution in [0.1, 0.15) is 42.5 Å². The second kappa shape index (κ2) is 10.3. The quantitative estimate of drug-likeness (QED) is 0.357. The number of carbonyl (C=O) groups excluding carboxylic acids is 1. The number of halogens is 1. The summed E-state index contributed by atoms with van der Waals surface area (Å²) >= 11 is 1.08. The molecule has 0 bridgehead atoms. The molecule has 0 aliphatic rings. The number of Topliss-reactive ketones (excluding diaryl/α,β-unsaturated/α-hetero) is 1. The lowest BCUT2D eigenvalue weighted by Gasteiger charge is -2.20. The van der Waals surface area contributed by atoms with Crippen molar-refractivity contribution in [1.82, 2.24) is 28.8 Å². The lowest BCUT2D eigenvalue weighted by atomic mass is 10.2. The van der Waals surface area contributed by atoms with Crippen LogP contribution in [0.2, 0.25) is 0 Å². The van der Waals surface area contributed by atoms with E-state index in [0.717, 1.165) is 16.3 Å². The molecule has 0 saturated carbocycles. The van der Waals surface area contributed by atoms with Crippen molar-refractivity contribution in [2.45, 2.75) is 38.0 Å². The molecular weight excluding hydrogens is 461 g/mol. The van der Waals surface area contributed by atoms with E-state index in [1.54, 1.807) is 16.7 Å². The zero-order chi connectivity index (χ0) is 25.2. The van der Waals surface area contributed by atoms with Crippen LogP contribution in [0.5, 0.6) is 0 Å². The first-order valence-electron chi connectivity index (χ1n) is 10.7. The van der Waals surface area contributed by atoms with Gasteiger partial charge < -0.3 is 5.73 Å². The van der Waals surface area contributed by atoms with Crippen molar-refractivity contribution in [3.8, 4) is 5.69 Å². The van der Waals surface area contributed by atoms with E-state index in [1.165, 1.54) is 23.7 Å². The molecule has 0 fully saturated rings. The molecule has 1 aromatic carbocycles. The summed E-state index contributed by atoms with van der Waals surface area (Å²) < 4.78 is 17.4. The third-order valence-electron chi connectivity index (χ3n) is 5.53. The minimum absolute atomic E-state index is 0.122. The van der Waals surface area contributed by atoms with E-state index in [-0.39, 0.29) is 35.5 Å². The highest BCUT2D eigenvalue weighted by molar-refractivity contribution is 7.99. The Bertz CT molecular complexity index is 1310. The molecule has 10 nitrogen and oxygen atoms in total. The molecule has 0 unspecified atom stereocenters. The number of ketones is 1. The number of hydrogen-bond acceptors (Lipinski definition) is 8. The predicted octanol–water partition coefficient (Wildman–Crippen LogP) is 1.86. The lowest BCUT2D eigenvalue weighted by molar-refractivity contribution is 0.102. The maximum atomic E-state index is 13.5. The summed E-state index contributed by atoms with van der Waals surface area (Å²) in [6.07, 6.45) is 0.609. The van der Waals surface area contributed by atoms with Gasteiger partial charge in [0.1, 0.15) is 17.2 Å². The van der Waals surface area contributed by atoms with Crippen LogP contribution in [0.15, 0.2) is 39.0 Å². The van der Waals surface area contributed by atoms with Crippen molar-refractivity contribution >= 4 is 23.4 Å². The van der Waals surface area contributed by atoms with Crippen LogP contribution in [-0.2, 0) is 13.6 Å². The van der Waals surface area contributed by atoms with Gasteiger partial charge in [-0.1, -0.05) is 18.7 Å². The minimum Gasteiger partial charge on any atom is -0.384 e. The van der Waals surface area contributed by atoms with Crippen molar-refractivity contribution in [3.63, 3.8) is 0 Å². The Balaban J connectivity index is 1.99. The molecule has 2 N–H and O–H groups in total. The van der Waals surface area contributed by atoms with Crippen molar-refractivity contribution < 1.29 is 9.18 Å². The summed E-state index contributed by atoms with van der Waals surface area (Å²) in [5, 5.41) is 8.94. The molecule has 0 aliphatic carbocycles. The van der Waals surface area contributed by atoms with Gasteiger partial charge in [-0.05, 0) is 51.7 Å². The van der Waals surface area contributed by atoms with Gasteiger partial charge >= 0.3 is 5.69 Å². The number of carbonyl (C=O) groups is 1. The minimum atomic E-state index is -0.734. The summed E-state index contributed by atoms with van der Waals surface area (Å²) in [5.41, 5.74) is 5.18. The fourth-order valence-corrected chi connectivity index (χ4v) is 4.23. The van der Waals surface area contributed by atoms with E-state index in [9.17, 15) is 18.8 Å². The summed E-state index contributed by atoms with van der Waals surface area (Å²) in [6, 6.07) is 5.75. The van der Waals surface area contributed by atoms with Gasteiger partial charge in [-0.3, -0.25) is 28.2 Å². The third-order valence-corrected chi connectivity index (χ3v) is 6.46. The van der Waals surface area contributed by atoms with E-state index in [2.05, 4.69) is 10.2 Å². The maximum Gasteiger partial charge on any atom is 0.332 e. The van der Waals surface area contributed by atoms with Crippen molar-refractivity contribution in [2.75, 3.05) is 25.6 Å². The smallest absolute Gasteiger partial charge is 0.332 e. The van der Waals surface area contributed by atoms with Crippen molar-refractivity contribution in [3.05, 3.63) is 62.3 Å². The highest BCUT2D eigenvalue weighted by Gasteiger charge is 2.24.